The summed E-state index contributed by atoms with van der Waals surface area (Å²) in [6.45, 7) is 7.26. The molecule has 14 nitrogen and oxygen atoms in total. The summed E-state index contributed by atoms with van der Waals surface area (Å²) in [5.41, 5.74) is 1.53. The fraction of sp³-hybridized carbons (Fsp3) is 0.405. The second-order valence-corrected chi connectivity index (χ2v) is 17.7. The standard InChI is InChI=1S/2C17H14O6S2.C8H16O2.2Na/c2*1-8(23-13(20)4-2-3-12(18)19)11-7-10-14(21)9-5-6-24-16(9)15(22)17(10)25-11;1-3-5-6-7(4-2)8(9)10;;/h2*5-8H,2-4H2,1H3,(H,18,19);7H,3-6H2,1-2H3,(H,9,10);;/q;;;2*+1/p-2. The number of carboxylic acid groups (broad SMARTS) is 3. The van der Waals surface area contributed by atoms with Gasteiger partial charge >= 0.3 is 77.0 Å². The first-order valence-electron chi connectivity index (χ1n) is 19.1. The smallest absolute Gasteiger partial charge is 0.550 e. The van der Waals surface area contributed by atoms with Gasteiger partial charge in [0.25, 0.3) is 0 Å². The number of esters is 2. The molecule has 0 amide bonds. The molecule has 0 saturated heterocycles. The van der Waals surface area contributed by atoms with Crippen molar-refractivity contribution in [2.24, 2.45) is 5.92 Å². The number of carbonyl (C=O) groups excluding carboxylic acids is 8. The molecule has 0 aliphatic heterocycles. The fourth-order valence-corrected chi connectivity index (χ4v) is 10.0. The Kier molecular flexibility index (Phi) is 23.0. The molecule has 4 aromatic heterocycles. The molecule has 320 valence electrons. The molecular formula is C42H42Na2O14S4. The Morgan fingerprint density at radius 3 is 1.44 bits per heavy atom. The molecule has 0 radical (unpaired) electrons. The molecule has 0 aromatic carbocycles. The average molecular weight is 945 g/mol. The summed E-state index contributed by atoms with van der Waals surface area (Å²) in [5, 5.41) is 32.7. The molecule has 0 fully saturated rings. The van der Waals surface area contributed by atoms with Gasteiger partial charge in [-0.25, -0.2) is 0 Å². The zero-order valence-electron chi connectivity index (χ0n) is 35.2. The number of carboxylic acids is 3. The van der Waals surface area contributed by atoms with Gasteiger partial charge in [0, 0.05) is 63.2 Å². The first-order chi connectivity index (χ1) is 28.5. The number of ether oxygens (including phenoxy) is 2. The van der Waals surface area contributed by atoms with Crippen molar-refractivity contribution in [3.05, 3.63) is 86.5 Å². The monoisotopic (exact) mass is 944 g/mol. The minimum Gasteiger partial charge on any atom is -0.550 e. The van der Waals surface area contributed by atoms with Crippen molar-refractivity contribution in [3.63, 3.8) is 0 Å². The third kappa shape index (κ3) is 14.4. The van der Waals surface area contributed by atoms with E-state index in [4.69, 9.17) is 14.6 Å². The third-order valence-corrected chi connectivity index (χ3v) is 13.7. The number of aliphatic carboxylic acids is 3. The van der Waals surface area contributed by atoms with Crippen LogP contribution in [0.15, 0.2) is 35.0 Å². The van der Waals surface area contributed by atoms with E-state index in [0.29, 0.717) is 57.9 Å². The molecule has 4 aromatic rings. The summed E-state index contributed by atoms with van der Waals surface area (Å²) in [6.07, 6.45) is 2.33. The van der Waals surface area contributed by atoms with Gasteiger partial charge in [-0.15, -0.1) is 45.3 Å². The molecule has 0 spiro atoms. The van der Waals surface area contributed by atoms with E-state index in [9.17, 15) is 53.4 Å². The summed E-state index contributed by atoms with van der Waals surface area (Å²) in [4.78, 5) is 107. The number of rotatable bonds is 17. The number of ketones is 4. The topological polar surface area (TPSA) is 238 Å². The molecule has 62 heavy (non-hydrogen) atoms. The van der Waals surface area contributed by atoms with Crippen molar-refractivity contribution in [1.29, 1.82) is 0 Å². The van der Waals surface area contributed by atoms with Crippen molar-refractivity contribution < 1.29 is 127 Å². The van der Waals surface area contributed by atoms with Crippen LogP contribution in [0.1, 0.15) is 175 Å². The van der Waals surface area contributed by atoms with Crippen molar-refractivity contribution in [3.8, 4) is 0 Å². The quantitative estimate of drug-likeness (QED) is 0.0970. The molecule has 2 aliphatic carbocycles. The van der Waals surface area contributed by atoms with E-state index in [-0.39, 0.29) is 127 Å². The Labute approximate surface area is 418 Å². The fourth-order valence-electron chi connectivity index (χ4n) is 6.05. The Bertz CT molecular complexity index is 2040. The van der Waals surface area contributed by atoms with Crippen molar-refractivity contribution in [2.75, 3.05) is 0 Å². The van der Waals surface area contributed by atoms with Crippen molar-refractivity contribution >= 4 is 98.3 Å². The Morgan fingerprint density at radius 2 is 1.06 bits per heavy atom. The van der Waals surface area contributed by atoms with E-state index in [2.05, 4.69) is 6.92 Å². The van der Waals surface area contributed by atoms with Crippen LogP contribution in [0.2, 0.25) is 0 Å². The molecule has 1 N–H and O–H groups in total. The molecule has 0 bridgehead atoms. The van der Waals surface area contributed by atoms with E-state index < -0.39 is 42.1 Å². The number of hydrogen-bond donors (Lipinski definition) is 1. The van der Waals surface area contributed by atoms with Crippen LogP contribution in [0.3, 0.4) is 0 Å². The Balaban J connectivity index is 0.000000343. The van der Waals surface area contributed by atoms with Gasteiger partial charge in [0.15, 0.2) is 11.6 Å². The molecule has 2 aliphatic rings. The van der Waals surface area contributed by atoms with Gasteiger partial charge in [0.1, 0.15) is 12.2 Å². The van der Waals surface area contributed by atoms with Gasteiger partial charge in [0.2, 0.25) is 11.6 Å². The maximum atomic E-state index is 12.5. The van der Waals surface area contributed by atoms with E-state index in [1.807, 2.05) is 6.92 Å². The number of carbonyl (C=O) groups is 9. The number of unbranched alkanes of at least 4 members (excludes halogenated alkanes) is 1. The van der Waals surface area contributed by atoms with Crippen LogP contribution in [-0.2, 0) is 33.4 Å². The minimum absolute atomic E-state index is 0. The van der Waals surface area contributed by atoms with Crippen molar-refractivity contribution in [2.45, 2.75) is 104 Å². The first kappa shape index (κ1) is 55.0. The van der Waals surface area contributed by atoms with Gasteiger partial charge in [-0.1, -0.05) is 26.7 Å². The summed E-state index contributed by atoms with van der Waals surface area (Å²) >= 11 is 4.79. The zero-order chi connectivity index (χ0) is 44.3. The van der Waals surface area contributed by atoms with Gasteiger partial charge in [-0.3, -0.25) is 33.6 Å². The molecule has 20 heteroatoms. The largest absolute Gasteiger partial charge is 1.00 e. The second-order valence-electron chi connectivity index (χ2n) is 13.7. The van der Waals surface area contributed by atoms with Crippen LogP contribution >= 0.6 is 45.3 Å². The summed E-state index contributed by atoms with van der Waals surface area (Å²) in [5.74, 6) is -5.05. The minimum atomic E-state index is -1.21. The van der Waals surface area contributed by atoms with Crippen molar-refractivity contribution in [1.82, 2.24) is 0 Å². The van der Waals surface area contributed by atoms with Gasteiger partial charge in [-0.2, -0.15) is 0 Å². The Hall–Kier alpha value is -3.17. The van der Waals surface area contributed by atoms with Crippen LogP contribution < -0.4 is 69.3 Å². The molecule has 3 atom stereocenters. The van der Waals surface area contributed by atoms with E-state index in [1.165, 1.54) is 22.7 Å². The summed E-state index contributed by atoms with van der Waals surface area (Å²) in [7, 11) is 0. The normalized spacial score (nSPS) is 13.4. The van der Waals surface area contributed by atoms with E-state index in [1.54, 1.807) is 48.9 Å². The maximum absolute atomic E-state index is 12.5. The van der Waals surface area contributed by atoms with Crippen LogP contribution in [0, 0.1) is 5.92 Å². The van der Waals surface area contributed by atoms with Gasteiger partial charge < -0.3 is 34.4 Å². The zero-order valence-corrected chi connectivity index (χ0v) is 42.4. The predicted octanol–water partition coefficient (Wildman–Crippen LogP) is 0.514. The SMILES string of the molecule is CC(OC(=O)CCCC(=O)O)c1cc2c(s1)C(=O)c1sccc1C2=O.CC(OC(=O)CCCC(=O)[O-])c1cc2c(s1)C(=O)c1sccc1C2=O.CCCCC(CC)C(=O)[O-].[Na+].[Na+]. The molecule has 6 rings (SSSR count). The molecule has 0 saturated carbocycles. The van der Waals surface area contributed by atoms with Crippen LogP contribution in [0.25, 0.3) is 0 Å². The predicted molar refractivity (Wildman–Crippen MR) is 219 cm³/mol. The van der Waals surface area contributed by atoms with Gasteiger partial charge in [0.05, 0.1) is 19.5 Å². The summed E-state index contributed by atoms with van der Waals surface area (Å²) in [6, 6.07) is 6.49. The van der Waals surface area contributed by atoms with Crippen LogP contribution in [0.5, 0.6) is 0 Å². The second kappa shape index (κ2) is 26.0. The average Bonchev–Trinajstić information content (AvgIpc) is 4.03. The maximum Gasteiger partial charge on any atom is 1.00 e. The molecule has 3 unspecified atom stereocenters. The molecular weight excluding hydrogens is 903 g/mol. The van der Waals surface area contributed by atoms with Gasteiger partial charge in [-0.05, 0) is 86.9 Å². The number of fused-ring (bicyclic) bond motifs is 4. The number of hydrogen-bond acceptors (Lipinski definition) is 17. The first-order valence-corrected chi connectivity index (χ1v) is 22.5. The molecule has 4 heterocycles. The van der Waals surface area contributed by atoms with Crippen LogP contribution in [-0.4, -0.2) is 58.1 Å². The van der Waals surface area contributed by atoms with Crippen LogP contribution in [0.4, 0.5) is 0 Å². The third-order valence-electron chi connectivity index (χ3n) is 9.32. The summed E-state index contributed by atoms with van der Waals surface area (Å²) < 4.78 is 10.5. The van der Waals surface area contributed by atoms with E-state index in [0.717, 1.165) is 41.9 Å². The Morgan fingerprint density at radius 1 is 0.629 bits per heavy atom. The number of thiophene rings is 4. The van der Waals surface area contributed by atoms with E-state index >= 15 is 0 Å².